The molecule has 10 heavy (non-hydrogen) atoms. The van der Waals surface area contributed by atoms with Crippen LogP contribution in [0.3, 0.4) is 0 Å². The van der Waals surface area contributed by atoms with Gasteiger partial charge in [0.2, 0.25) is 0 Å². The molecule has 1 aromatic heterocycles. The van der Waals surface area contributed by atoms with Crippen LogP contribution in [0, 0.1) is 0 Å². The van der Waals surface area contributed by atoms with E-state index in [1.807, 2.05) is 13.2 Å². The molecule has 3 nitrogen and oxygen atoms in total. The van der Waals surface area contributed by atoms with E-state index in [0.717, 1.165) is 17.7 Å². The third-order valence-electron chi connectivity index (χ3n) is 1.82. The molecule has 0 aliphatic carbocycles. The van der Waals surface area contributed by atoms with Gasteiger partial charge in [-0.3, -0.25) is 4.79 Å². The molecule has 0 spiro atoms. The van der Waals surface area contributed by atoms with Crippen LogP contribution in [-0.4, -0.2) is 22.8 Å². The van der Waals surface area contributed by atoms with Crippen molar-refractivity contribution < 1.29 is 4.79 Å². The topological polar surface area (TPSA) is 36.1 Å². The average molecular weight is 136 g/mol. The highest BCUT2D eigenvalue weighted by Crippen LogP contribution is 2.19. The van der Waals surface area contributed by atoms with Gasteiger partial charge in [0.05, 0.1) is 5.56 Å². The Hall–Kier alpha value is -1.25. The number of hydrogen-bond acceptors (Lipinski definition) is 1. The highest BCUT2D eigenvalue weighted by molar-refractivity contribution is 5.97. The molecular weight excluding hydrogens is 128 g/mol. The van der Waals surface area contributed by atoms with Crippen LogP contribution in [0.1, 0.15) is 15.9 Å². The van der Waals surface area contributed by atoms with Gasteiger partial charge in [0.1, 0.15) is 0 Å². The molecule has 2 heterocycles. The van der Waals surface area contributed by atoms with E-state index in [9.17, 15) is 4.79 Å². The van der Waals surface area contributed by atoms with E-state index in [1.54, 1.807) is 11.1 Å². The fourth-order valence-corrected chi connectivity index (χ4v) is 1.26. The second kappa shape index (κ2) is 1.62. The van der Waals surface area contributed by atoms with Gasteiger partial charge in [0, 0.05) is 31.5 Å². The van der Waals surface area contributed by atoms with Crippen LogP contribution in [-0.2, 0) is 6.54 Å². The maximum atomic E-state index is 11.2. The summed E-state index contributed by atoms with van der Waals surface area (Å²) in [4.78, 5) is 15.8. The number of fused-ring (bicyclic) bond motifs is 1. The van der Waals surface area contributed by atoms with Gasteiger partial charge in [-0.2, -0.15) is 0 Å². The predicted octanol–water partition coefficient (Wildman–Crippen LogP) is 0.600. The molecule has 0 saturated heterocycles. The summed E-state index contributed by atoms with van der Waals surface area (Å²) >= 11 is 0. The average Bonchev–Trinajstić information content (AvgIpc) is 2.41. The number of carbonyl (C=O) groups excluding carboxylic acids is 1. The van der Waals surface area contributed by atoms with Crippen molar-refractivity contribution >= 4 is 5.91 Å². The van der Waals surface area contributed by atoms with E-state index >= 15 is 0 Å². The van der Waals surface area contributed by atoms with Crippen molar-refractivity contribution in [2.24, 2.45) is 0 Å². The minimum absolute atomic E-state index is 0.122. The Labute approximate surface area is 58.7 Å². The molecule has 2 rings (SSSR count). The van der Waals surface area contributed by atoms with Crippen LogP contribution >= 0.6 is 0 Å². The van der Waals surface area contributed by atoms with Crippen molar-refractivity contribution in [2.45, 2.75) is 6.54 Å². The lowest BCUT2D eigenvalue weighted by Gasteiger charge is -2.05. The van der Waals surface area contributed by atoms with Gasteiger partial charge in [-0.25, -0.2) is 0 Å². The number of H-pyrrole nitrogens is 1. The lowest BCUT2D eigenvalue weighted by atomic mass is 10.2. The highest BCUT2D eigenvalue weighted by Gasteiger charge is 2.24. The first-order chi connectivity index (χ1) is 4.79. The van der Waals surface area contributed by atoms with Crippen molar-refractivity contribution in [3.8, 4) is 0 Å². The summed E-state index contributed by atoms with van der Waals surface area (Å²) in [5, 5.41) is 0. The predicted molar refractivity (Wildman–Crippen MR) is 36.6 cm³/mol. The van der Waals surface area contributed by atoms with E-state index in [-0.39, 0.29) is 5.91 Å². The van der Waals surface area contributed by atoms with Gasteiger partial charge in [0.25, 0.3) is 5.91 Å². The lowest BCUT2D eigenvalue weighted by molar-refractivity contribution is 0.0816. The normalized spacial score (nSPS) is 16.1. The van der Waals surface area contributed by atoms with Gasteiger partial charge >= 0.3 is 0 Å². The Morgan fingerprint density at radius 1 is 1.60 bits per heavy atom. The SMILES string of the molecule is CN1Cc2c[nH]cc2C1=O. The lowest BCUT2D eigenvalue weighted by Crippen LogP contribution is -2.17. The van der Waals surface area contributed by atoms with Crippen molar-refractivity contribution in [3.05, 3.63) is 23.5 Å². The Morgan fingerprint density at radius 3 is 3.10 bits per heavy atom. The first kappa shape index (κ1) is 5.53. The Balaban J connectivity index is 2.53. The number of nitrogens with one attached hydrogen (secondary N) is 1. The first-order valence-corrected chi connectivity index (χ1v) is 3.20. The maximum absolute atomic E-state index is 11.2. The largest absolute Gasteiger partial charge is 0.367 e. The van der Waals surface area contributed by atoms with E-state index in [4.69, 9.17) is 0 Å². The molecule has 1 N–H and O–H groups in total. The second-order valence-corrected chi connectivity index (χ2v) is 2.56. The summed E-state index contributed by atoms with van der Waals surface area (Å²) in [6.45, 7) is 0.748. The Morgan fingerprint density at radius 2 is 2.40 bits per heavy atom. The van der Waals surface area contributed by atoms with Crippen LogP contribution in [0.2, 0.25) is 0 Å². The molecule has 52 valence electrons. The zero-order valence-corrected chi connectivity index (χ0v) is 5.72. The van der Waals surface area contributed by atoms with Crippen molar-refractivity contribution in [2.75, 3.05) is 7.05 Å². The van der Waals surface area contributed by atoms with Gasteiger partial charge < -0.3 is 9.88 Å². The minimum Gasteiger partial charge on any atom is -0.367 e. The quantitative estimate of drug-likeness (QED) is 0.557. The number of amides is 1. The smallest absolute Gasteiger partial charge is 0.255 e. The standard InChI is InChI=1S/C7H8N2O/c1-9-4-5-2-8-3-6(5)7(9)10/h2-3,8H,4H2,1H3. The third kappa shape index (κ3) is 0.518. The number of aromatic amines is 1. The summed E-state index contributed by atoms with van der Waals surface area (Å²) in [5.41, 5.74) is 1.93. The van der Waals surface area contributed by atoms with E-state index < -0.39 is 0 Å². The van der Waals surface area contributed by atoms with Gasteiger partial charge in [-0.05, 0) is 0 Å². The minimum atomic E-state index is 0.122. The summed E-state index contributed by atoms with van der Waals surface area (Å²) < 4.78 is 0. The molecule has 1 amide bonds. The molecule has 0 unspecified atom stereocenters. The number of nitrogens with zero attached hydrogens (tertiary/aromatic N) is 1. The highest BCUT2D eigenvalue weighted by atomic mass is 16.2. The van der Waals surface area contributed by atoms with Crippen LogP contribution in [0.5, 0.6) is 0 Å². The van der Waals surface area contributed by atoms with Gasteiger partial charge in [0.15, 0.2) is 0 Å². The fourth-order valence-electron chi connectivity index (χ4n) is 1.26. The van der Waals surface area contributed by atoms with Gasteiger partial charge in [-0.1, -0.05) is 0 Å². The van der Waals surface area contributed by atoms with Crippen molar-refractivity contribution in [3.63, 3.8) is 0 Å². The van der Waals surface area contributed by atoms with Crippen LogP contribution in [0.4, 0.5) is 0 Å². The number of rotatable bonds is 0. The summed E-state index contributed by atoms with van der Waals surface area (Å²) in [7, 11) is 1.81. The molecule has 1 aliphatic heterocycles. The molecule has 0 aromatic carbocycles. The van der Waals surface area contributed by atoms with Crippen LogP contribution in [0.15, 0.2) is 12.4 Å². The molecule has 0 saturated carbocycles. The summed E-state index contributed by atoms with van der Waals surface area (Å²) in [5.74, 6) is 0.122. The molecule has 0 atom stereocenters. The monoisotopic (exact) mass is 136 g/mol. The molecule has 0 radical (unpaired) electrons. The summed E-state index contributed by atoms with van der Waals surface area (Å²) in [6, 6.07) is 0. The Kier molecular flexibility index (Phi) is 0.897. The fraction of sp³-hybridized carbons (Fsp3) is 0.286. The Bertz CT molecular complexity index is 277. The van der Waals surface area contributed by atoms with Crippen LogP contribution in [0.25, 0.3) is 0 Å². The summed E-state index contributed by atoms with van der Waals surface area (Å²) in [6.07, 6.45) is 3.62. The van der Waals surface area contributed by atoms with Crippen LogP contribution < -0.4 is 0 Å². The molecule has 0 fully saturated rings. The molecule has 1 aromatic rings. The third-order valence-corrected chi connectivity index (χ3v) is 1.82. The number of carbonyl (C=O) groups is 1. The molecule has 0 bridgehead atoms. The molecule has 3 heteroatoms. The zero-order valence-electron chi connectivity index (χ0n) is 5.72. The zero-order chi connectivity index (χ0) is 7.14. The maximum Gasteiger partial charge on any atom is 0.255 e. The van der Waals surface area contributed by atoms with Crippen molar-refractivity contribution in [1.29, 1.82) is 0 Å². The first-order valence-electron chi connectivity index (χ1n) is 3.20. The number of hydrogen-bond donors (Lipinski definition) is 1. The van der Waals surface area contributed by atoms with E-state index in [1.165, 1.54) is 0 Å². The van der Waals surface area contributed by atoms with E-state index in [0.29, 0.717) is 0 Å². The molecule has 1 aliphatic rings. The molecular formula is C7H8N2O. The van der Waals surface area contributed by atoms with Crippen molar-refractivity contribution in [1.82, 2.24) is 9.88 Å². The van der Waals surface area contributed by atoms with E-state index in [2.05, 4.69) is 4.98 Å². The number of aromatic nitrogens is 1. The second-order valence-electron chi connectivity index (χ2n) is 2.56. The van der Waals surface area contributed by atoms with Gasteiger partial charge in [-0.15, -0.1) is 0 Å².